The quantitative estimate of drug-likeness (QED) is 0.0144. The monoisotopic (exact) mass is 2000 g/mol. The number of aliphatic hydroxyl groups excluding tert-OH is 1. The lowest BCUT2D eigenvalue weighted by Crippen LogP contribution is -2.62. The first-order chi connectivity index (χ1) is 66.7. The van der Waals surface area contributed by atoms with E-state index < -0.39 is 247 Å². The van der Waals surface area contributed by atoms with Gasteiger partial charge in [-0.25, -0.2) is 4.79 Å². The van der Waals surface area contributed by atoms with Crippen LogP contribution >= 0.6 is 11.8 Å². The average Bonchev–Trinajstić information content (AvgIpc) is 0.827. The Morgan fingerprint density at radius 2 is 0.730 bits per heavy atom. The highest BCUT2D eigenvalue weighted by atomic mass is 32.2. The standard InChI is InChI=1S/C92H146N26O22S/c1-9-53(6)74(87(137)114-65(45-52(4)5)81(131)108-61(35-36-71(95)120)79(129)110-63(89(139)140)33-23-42-104-92(100)101)117-84(134)66(46-54-24-13-10-14-25-54)112-83(133)67(49-73(123)124)113-77(127)60(32-22-41-103-91(98)99)109-86(136)70(48-56-28-17-12-18-29-56)118(7)88(138)68(47-55-26-15-11-16-27-55)115-78(128)58(30-19-20-39-93)107-85(135)69(50-119)116-82(132)64(44-51(2)3)111-76(126)59(31-21-40-102-90(96)97)106-80(130)62(38-43-141-8)105-75(125)57(94)34-37-72(121)122/h10-18,24-29,51-53,57-70,74,119H,9,19-23,30-50,93-94H2,1-8H3,(H2,95,120)(H,105,125)(H,106,130)(H,107,135)(H,108,131)(H,109,136)(H,110,129)(H,111,126)(H,112,133)(H,113,127)(H,114,137)(H,115,128)(H,116,132)(H,117,134)(H,121,122)(H,123,124)(H,139,140)(H4,96,97,102)(H4,98,99,103)(H4,100,101,104)/t53-,57-,58-,59-,60-,61-,62-,63-,64-,65-,66-,67-,68-,69-,70-,74-/m0/s1. The van der Waals surface area contributed by atoms with Crippen LogP contribution in [0.1, 0.15) is 174 Å². The zero-order valence-electron chi connectivity index (χ0n) is 81.1. The molecule has 0 aliphatic heterocycles. The first kappa shape index (κ1) is 121. The zero-order valence-corrected chi connectivity index (χ0v) is 81.9. The van der Waals surface area contributed by atoms with E-state index in [2.05, 4.69) is 85.1 Å². The predicted molar refractivity (Wildman–Crippen MR) is 524 cm³/mol. The van der Waals surface area contributed by atoms with Crippen molar-refractivity contribution in [3.8, 4) is 0 Å². The van der Waals surface area contributed by atoms with Crippen molar-refractivity contribution in [2.45, 2.75) is 267 Å². The third kappa shape index (κ3) is 47.6. The number of nitrogens with zero attached hydrogens (tertiary/aromatic N) is 1. The summed E-state index contributed by atoms with van der Waals surface area (Å²) in [6.07, 6.45) is -2.03. The number of nitrogens with two attached hydrogens (primary N) is 6. The van der Waals surface area contributed by atoms with Gasteiger partial charge in [-0.15, -0.1) is 0 Å². The number of aliphatic carboxylic acids is 3. The maximum atomic E-state index is 15.7. The molecular weight excluding hydrogens is 1850 g/mol. The number of guanidine groups is 3. The molecule has 0 saturated carbocycles. The molecular formula is C92H146N26O22S. The molecule has 0 aliphatic carbocycles. The van der Waals surface area contributed by atoms with Crippen molar-refractivity contribution >= 4 is 136 Å². The number of nitrogens with one attached hydrogen (secondary N) is 19. The number of carbonyl (C=O) groups excluding carboxylic acids is 15. The molecule has 49 heteroatoms. The van der Waals surface area contributed by atoms with E-state index in [1.54, 1.807) is 139 Å². The molecule has 0 unspecified atom stereocenters. The Bertz CT molecular complexity index is 4630. The zero-order chi connectivity index (χ0) is 106. The van der Waals surface area contributed by atoms with Crippen LogP contribution in [-0.4, -0.2) is 292 Å². The lowest BCUT2D eigenvalue weighted by atomic mass is 9.95. The second-order valence-electron chi connectivity index (χ2n) is 35.1. The third-order valence-electron chi connectivity index (χ3n) is 22.5. The van der Waals surface area contributed by atoms with Crippen LogP contribution in [0, 0.1) is 34.0 Å². The van der Waals surface area contributed by atoms with Gasteiger partial charge in [0.2, 0.25) is 88.6 Å². The van der Waals surface area contributed by atoms with Crippen LogP contribution in [0.25, 0.3) is 0 Å². The fourth-order valence-electron chi connectivity index (χ4n) is 14.6. The van der Waals surface area contributed by atoms with Crippen molar-refractivity contribution < 1.29 is 107 Å². The van der Waals surface area contributed by atoms with Gasteiger partial charge in [0.15, 0.2) is 17.9 Å². The van der Waals surface area contributed by atoms with Crippen molar-refractivity contribution in [1.82, 2.24) is 90.0 Å². The molecule has 15 amide bonds. The minimum absolute atomic E-state index is 0.0360. The topological polar surface area (TPSA) is 812 Å². The Labute approximate surface area is 823 Å². The smallest absolute Gasteiger partial charge is 0.326 e. The molecule has 782 valence electrons. The Morgan fingerprint density at radius 1 is 0.383 bits per heavy atom. The van der Waals surface area contributed by atoms with E-state index in [1.165, 1.54) is 18.8 Å². The van der Waals surface area contributed by atoms with E-state index in [0.717, 1.165) is 4.90 Å². The van der Waals surface area contributed by atoms with E-state index in [-0.39, 0.29) is 147 Å². The summed E-state index contributed by atoms with van der Waals surface area (Å²) in [5, 5.41) is 105. The Balaban J connectivity index is 2.12. The highest BCUT2D eigenvalue weighted by Crippen LogP contribution is 2.20. The summed E-state index contributed by atoms with van der Waals surface area (Å²) < 4.78 is 0. The summed E-state index contributed by atoms with van der Waals surface area (Å²) in [4.78, 5) is 255. The van der Waals surface area contributed by atoms with Crippen LogP contribution in [0.5, 0.6) is 0 Å². The maximum Gasteiger partial charge on any atom is 0.326 e. The number of rotatable bonds is 69. The van der Waals surface area contributed by atoms with Crippen LogP contribution in [0.15, 0.2) is 91.0 Å². The van der Waals surface area contributed by atoms with Crippen molar-refractivity contribution in [1.29, 1.82) is 16.2 Å². The Morgan fingerprint density at radius 3 is 1.14 bits per heavy atom. The van der Waals surface area contributed by atoms with Gasteiger partial charge in [-0.3, -0.25) is 97.7 Å². The van der Waals surface area contributed by atoms with Crippen LogP contribution in [0.3, 0.4) is 0 Å². The molecule has 0 aliphatic rings. The van der Waals surface area contributed by atoms with Gasteiger partial charge in [-0.1, -0.05) is 139 Å². The largest absolute Gasteiger partial charge is 0.481 e. The van der Waals surface area contributed by atoms with Gasteiger partial charge in [0.1, 0.15) is 84.6 Å². The summed E-state index contributed by atoms with van der Waals surface area (Å²) in [5.74, 6) is -21.6. The fourth-order valence-corrected chi connectivity index (χ4v) is 15.0. The van der Waals surface area contributed by atoms with Gasteiger partial charge in [0.05, 0.1) is 19.1 Å². The molecule has 0 spiro atoms. The number of likely N-dealkylation sites (N-methyl/N-ethyl adjacent to an activating group) is 1. The summed E-state index contributed by atoms with van der Waals surface area (Å²) in [5.41, 5.74) is 35.1. The molecule has 3 aromatic rings. The molecule has 0 heterocycles. The molecule has 141 heavy (non-hydrogen) atoms. The average molecular weight is 2000 g/mol. The normalized spacial score (nSPS) is 14.5. The minimum Gasteiger partial charge on any atom is -0.481 e. The Hall–Kier alpha value is -13.8. The first-order valence-electron chi connectivity index (χ1n) is 46.8. The molecule has 0 saturated heterocycles. The molecule has 16 atom stereocenters. The number of carboxylic acid groups (broad SMARTS) is 3. The minimum atomic E-state index is -2.07. The molecule has 3 rings (SSSR count). The van der Waals surface area contributed by atoms with Gasteiger partial charge >= 0.3 is 17.9 Å². The first-order valence-corrected chi connectivity index (χ1v) is 48.2. The highest BCUT2D eigenvalue weighted by molar-refractivity contribution is 7.98. The second kappa shape index (κ2) is 65.2. The third-order valence-corrected chi connectivity index (χ3v) is 23.1. The van der Waals surface area contributed by atoms with Gasteiger partial charge in [-0.2, -0.15) is 11.8 Å². The van der Waals surface area contributed by atoms with Crippen molar-refractivity contribution in [3.63, 3.8) is 0 Å². The van der Waals surface area contributed by atoms with Crippen LogP contribution in [0.2, 0.25) is 0 Å². The summed E-state index contributed by atoms with van der Waals surface area (Å²) >= 11 is 1.33. The summed E-state index contributed by atoms with van der Waals surface area (Å²) in [6, 6.07) is 0.832. The number of benzene rings is 3. The summed E-state index contributed by atoms with van der Waals surface area (Å²) in [6.45, 7) is 9.17. The number of thioether (sulfide) groups is 1. The SMILES string of the molecule is CC[C@H](C)[C@H](NC(=O)[C@H](Cc1ccccc1)NC(=O)[C@H](CC(=O)O)NC(=O)[C@H](CCCNC(=N)N)NC(=O)[C@H](Cc1ccccc1)N(C)C(=O)[C@H](Cc1ccccc1)NC(=O)[C@H](CCCCN)NC(=O)[C@H](CO)NC(=O)[C@H](CC(C)C)NC(=O)[C@H](CCCNC(=N)N)NC(=O)[C@H](CCSC)NC(=O)[C@@H](N)CCC(=O)O)C(=O)N[C@@H](CC(C)C)C(=O)N[C@@H](CCC(N)=O)C(=O)N[C@@H](CCCNC(=N)N)C(=O)O. The van der Waals surface area contributed by atoms with E-state index in [1.807, 2.05) is 0 Å². The second-order valence-corrected chi connectivity index (χ2v) is 36.1. The number of hydrogen-bond donors (Lipinski definition) is 29. The molecule has 0 fully saturated rings. The predicted octanol–water partition coefficient (Wildman–Crippen LogP) is -4.34. The van der Waals surface area contributed by atoms with E-state index in [4.69, 9.17) is 50.6 Å². The van der Waals surface area contributed by atoms with E-state index in [0.29, 0.717) is 28.9 Å². The number of carbonyl (C=O) groups is 18. The molecule has 0 radical (unpaired) electrons. The number of amides is 15. The lowest BCUT2D eigenvalue weighted by Gasteiger charge is -2.33. The maximum absolute atomic E-state index is 15.7. The van der Waals surface area contributed by atoms with Gasteiger partial charge < -0.3 is 145 Å². The van der Waals surface area contributed by atoms with Gasteiger partial charge in [-0.05, 0) is 143 Å². The van der Waals surface area contributed by atoms with Gasteiger partial charge in [0, 0.05) is 58.8 Å². The number of hydrogen-bond acceptors (Lipinski definition) is 25. The van der Waals surface area contributed by atoms with Crippen LogP contribution < -0.4 is 119 Å². The Kier molecular flexibility index (Phi) is 56.1. The summed E-state index contributed by atoms with van der Waals surface area (Å²) in [7, 11) is 1.25. The van der Waals surface area contributed by atoms with Crippen LogP contribution in [-0.2, 0) is 106 Å². The van der Waals surface area contributed by atoms with Crippen LogP contribution in [0.4, 0.5) is 0 Å². The van der Waals surface area contributed by atoms with E-state index in [9.17, 15) is 82.8 Å². The number of carboxylic acids is 3. The van der Waals surface area contributed by atoms with Crippen molar-refractivity contribution in [2.75, 3.05) is 51.8 Å². The molecule has 0 aromatic heterocycles. The van der Waals surface area contributed by atoms with E-state index >= 15 is 24.0 Å². The number of unbranched alkanes of at least 4 members (excludes halogenated alkanes) is 1. The highest BCUT2D eigenvalue weighted by Gasteiger charge is 2.42. The number of aliphatic hydroxyl groups is 1. The van der Waals surface area contributed by atoms with Crippen molar-refractivity contribution in [2.24, 2.45) is 52.2 Å². The number of primary amides is 1. The lowest BCUT2D eigenvalue weighted by molar-refractivity contribution is -0.143. The molecule has 35 N–H and O–H groups in total. The molecule has 0 bridgehead atoms. The fraction of sp³-hybridized carbons (Fsp3) is 0.576. The van der Waals surface area contributed by atoms with Crippen molar-refractivity contribution in [3.05, 3.63) is 108 Å². The molecule has 48 nitrogen and oxygen atoms in total. The van der Waals surface area contributed by atoms with Gasteiger partial charge in [0.25, 0.3) is 0 Å². The molecule has 3 aromatic carbocycles.